The molecule has 2 aromatic rings. The highest BCUT2D eigenvalue weighted by molar-refractivity contribution is 9.10. The van der Waals surface area contributed by atoms with E-state index in [0.717, 1.165) is 5.56 Å². The van der Waals surface area contributed by atoms with Crippen molar-refractivity contribution in [1.29, 1.82) is 0 Å². The molecule has 0 saturated carbocycles. The summed E-state index contributed by atoms with van der Waals surface area (Å²) >= 11 is 8.86. The Kier molecular flexibility index (Phi) is 5.51. The Balaban J connectivity index is 1.92. The van der Waals surface area contributed by atoms with Gasteiger partial charge in [0.1, 0.15) is 5.82 Å². The number of benzene rings is 2. The number of carbonyl (C=O) groups excluding carboxylic acids is 2. The summed E-state index contributed by atoms with van der Waals surface area (Å²) in [6.07, 6.45) is 0. The van der Waals surface area contributed by atoms with Crippen molar-refractivity contribution in [2.75, 3.05) is 5.32 Å². The van der Waals surface area contributed by atoms with Crippen molar-refractivity contribution >= 4 is 45.0 Å². The molecular formula is C15H11BrClFN2O2. The van der Waals surface area contributed by atoms with Crippen molar-refractivity contribution in [1.82, 2.24) is 5.32 Å². The van der Waals surface area contributed by atoms with Crippen LogP contribution >= 0.6 is 27.5 Å². The van der Waals surface area contributed by atoms with E-state index in [4.69, 9.17) is 11.6 Å². The van der Waals surface area contributed by atoms with E-state index in [2.05, 4.69) is 26.6 Å². The van der Waals surface area contributed by atoms with Crippen LogP contribution in [0.1, 0.15) is 5.56 Å². The standard InChI is InChI=1S/C15H11BrClFN2O2/c16-10-3-6-13(12(18)7-10)20-15(22)14(21)19-8-9-1-4-11(17)5-2-9/h1-7H,8H2,(H,19,21)(H,20,22). The molecule has 2 rings (SSSR count). The molecule has 0 saturated heterocycles. The SMILES string of the molecule is O=C(NCc1ccc(Cl)cc1)C(=O)Nc1ccc(Br)cc1F. The topological polar surface area (TPSA) is 58.2 Å². The lowest BCUT2D eigenvalue weighted by molar-refractivity contribution is -0.136. The molecule has 0 atom stereocenters. The van der Waals surface area contributed by atoms with Gasteiger partial charge in [-0.05, 0) is 35.9 Å². The third-order valence-corrected chi connectivity index (χ3v) is 3.50. The van der Waals surface area contributed by atoms with Crippen LogP contribution in [0.3, 0.4) is 0 Å². The predicted molar refractivity (Wildman–Crippen MR) is 86.0 cm³/mol. The fourth-order valence-corrected chi connectivity index (χ4v) is 2.09. The van der Waals surface area contributed by atoms with E-state index in [9.17, 15) is 14.0 Å². The van der Waals surface area contributed by atoms with Gasteiger partial charge >= 0.3 is 11.8 Å². The van der Waals surface area contributed by atoms with E-state index in [1.807, 2.05) is 0 Å². The number of nitrogens with one attached hydrogen (secondary N) is 2. The van der Waals surface area contributed by atoms with Crippen LogP contribution < -0.4 is 10.6 Å². The molecule has 7 heteroatoms. The van der Waals surface area contributed by atoms with Crippen LogP contribution in [0.25, 0.3) is 0 Å². The summed E-state index contributed by atoms with van der Waals surface area (Å²) in [7, 11) is 0. The van der Waals surface area contributed by atoms with Gasteiger partial charge in [0.25, 0.3) is 0 Å². The molecule has 2 amide bonds. The second-order valence-corrected chi connectivity index (χ2v) is 5.74. The van der Waals surface area contributed by atoms with Gasteiger partial charge in [-0.15, -0.1) is 0 Å². The molecule has 0 heterocycles. The van der Waals surface area contributed by atoms with Crippen LogP contribution in [0.5, 0.6) is 0 Å². The maximum atomic E-state index is 13.6. The van der Waals surface area contributed by atoms with Crippen molar-refractivity contribution in [2.45, 2.75) is 6.54 Å². The molecule has 0 bridgehead atoms. The molecule has 2 aromatic carbocycles. The number of rotatable bonds is 3. The maximum Gasteiger partial charge on any atom is 0.313 e. The van der Waals surface area contributed by atoms with Crippen LogP contribution in [-0.4, -0.2) is 11.8 Å². The van der Waals surface area contributed by atoms with E-state index in [0.29, 0.717) is 9.50 Å². The van der Waals surface area contributed by atoms with Crippen LogP contribution in [0.4, 0.5) is 10.1 Å². The minimum Gasteiger partial charge on any atom is -0.344 e. The lowest BCUT2D eigenvalue weighted by Gasteiger charge is -2.08. The Morgan fingerprint density at radius 3 is 2.41 bits per heavy atom. The van der Waals surface area contributed by atoms with Crippen LogP contribution in [0.15, 0.2) is 46.9 Å². The first-order valence-electron chi connectivity index (χ1n) is 6.24. The Morgan fingerprint density at radius 2 is 1.77 bits per heavy atom. The molecule has 0 fully saturated rings. The molecule has 4 nitrogen and oxygen atoms in total. The zero-order valence-electron chi connectivity index (χ0n) is 11.2. The van der Waals surface area contributed by atoms with Crippen molar-refractivity contribution in [2.24, 2.45) is 0 Å². The average Bonchev–Trinajstić information content (AvgIpc) is 2.49. The van der Waals surface area contributed by atoms with Crippen molar-refractivity contribution in [3.8, 4) is 0 Å². The van der Waals surface area contributed by atoms with E-state index in [1.165, 1.54) is 12.1 Å². The summed E-state index contributed by atoms with van der Waals surface area (Å²) in [5, 5.41) is 5.24. The fourth-order valence-electron chi connectivity index (χ4n) is 1.63. The molecule has 22 heavy (non-hydrogen) atoms. The normalized spacial score (nSPS) is 10.1. The third kappa shape index (κ3) is 4.54. The van der Waals surface area contributed by atoms with Crippen molar-refractivity contribution < 1.29 is 14.0 Å². The van der Waals surface area contributed by atoms with Crippen molar-refractivity contribution in [3.63, 3.8) is 0 Å². The molecule has 0 aliphatic rings. The summed E-state index contributed by atoms with van der Waals surface area (Å²) in [6.45, 7) is 0.173. The number of anilines is 1. The van der Waals surface area contributed by atoms with E-state index in [-0.39, 0.29) is 12.2 Å². The minimum atomic E-state index is -0.935. The molecule has 0 unspecified atom stereocenters. The number of amides is 2. The van der Waals surface area contributed by atoms with Gasteiger partial charge in [-0.25, -0.2) is 4.39 Å². The van der Waals surface area contributed by atoms with Gasteiger partial charge in [-0.1, -0.05) is 39.7 Å². The summed E-state index contributed by atoms with van der Waals surface area (Å²) < 4.78 is 14.1. The second-order valence-electron chi connectivity index (χ2n) is 4.39. The van der Waals surface area contributed by atoms with E-state index < -0.39 is 17.6 Å². The molecule has 0 aromatic heterocycles. The van der Waals surface area contributed by atoms with Crippen LogP contribution in [0, 0.1) is 5.82 Å². The molecular weight excluding hydrogens is 375 g/mol. The zero-order valence-corrected chi connectivity index (χ0v) is 13.5. The van der Waals surface area contributed by atoms with E-state index >= 15 is 0 Å². The average molecular weight is 386 g/mol. The first-order valence-corrected chi connectivity index (χ1v) is 7.41. The summed E-state index contributed by atoms with van der Waals surface area (Å²) in [6, 6.07) is 10.9. The van der Waals surface area contributed by atoms with Gasteiger partial charge in [0.15, 0.2) is 0 Å². The third-order valence-electron chi connectivity index (χ3n) is 2.75. The maximum absolute atomic E-state index is 13.6. The lowest BCUT2D eigenvalue weighted by Crippen LogP contribution is -2.35. The van der Waals surface area contributed by atoms with E-state index in [1.54, 1.807) is 30.3 Å². The Bertz CT molecular complexity index is 707. The number of hydrogen-bond donors (Lipinski definition) is 2. The molecule has 0 spiro atoms. The largest absolute Gasteiger partial charge is 0.344 e. The fraction of sp³-hybridized carbons (Fsp3) is 0.0667. The predicted octanol–water partition coefficient (Wildman–Crippen LogP) is 3.50. The highest BCUT2D eigenvalue weighted by Crippen LogP contribution is 2.19. The molecule has 2 N–H and O–H groups in total. The van der Waals surface area contributed by atoms with Gasteiger partial charge < -0.3 is 10.6 Å². The van der Waals surface area contributed by atoms with Gasteiger partial charge in [-0.2, -0.15) is 0 Å². The zero-order chi connectivity index (χ0) is 16.1. The second kappa shape index (κ2) is 7.38. The summed E-state index contributed by atoms with van der Waals surface area (Å²) in [5.41, 5.74) is 0.732. The molecule has 0 aliphatic heterocycles. The monoisotopic (exact) mass is 384 g/mol. The van der Waals surface area contributed by atoms with Gasteiger partial charge in [-0.3, -0.25) is 9.59 Å². The van der Waals surface area contributed by atoms with Crippen molar-refractivity contribution in [3.05, 3.63) is 63.3 Å². The van der Waals surface area contributed by atoms with Gasteiger partial charge in [0.2, 0.25) is 0 Å². The number of halogens is 3. The smallest absolute Gasteiger partial charge is 0.313 e. The number of carbonyl (C=O) groups is 2. The molecule has 114 valence electrons. The highest BCUT2D eigenvalue weighted by Gasteiger charge is 2.15. The lowest BCUT2D eigenvalue weighted by atomic mass is 10.2. The van der Waals surface area contributed by atoms with Gasteiger partial charge in [0, 0.05) is 16.0 Å². The highest BCUT2D eigenvalue weighted by atomic mass is 79.9. The molecule has 0 aliphatic carbocycles. The number of hydrogen-bond acceptors (Lipinski definition) is 2. The van der Waals surface area contributed by atoms with Crippen LogP contribution in [0.2, 0.25) is 5.02 Å². The Labute approximate surface area is 139 Å². The first kappa shape index (κ1) is 16.5. The van der Waals surface area contributed by atoms with Gasteiger partial charge in [0.05, 0.1) is 5.69 Å². The Morgan fingerprint density at radius 1 is 1.09 bits per heavy atom. The molecule has 0 radical (unpaired) electrons. The minimum absolute atomic E-state index is 0.0603. The van der Waals surface area contributed by atoms with Crippen LogP contribution in [-0.2, 0) is 16.1 Å². The first-order chi connectivity index (χ1) is 10.5. The summed E-state index contributed by atoms with van der Waals surface area (Å²) in [4.78, 5) is 23.4. The summed E-state index contributed by atoms with van der Waals surface area (Å²) in [5.74, 6) is -2.42. The Hall–Kier alpha value is -1.92. The quantitative estimate of drug-likeness (QED) is 0.795.